The van der Waals surface area contributed by atoms with E-state index in [0.717, 1.165) is 24.0 Å². The van der Waals surface area contributed by atoms with E-state index in [9.17, 15) is 10.1 Å². The molecule has 3 rings (SSSR count). The van der Waals surface area contributed by atoms with Gasteiger partial charge in [0.1, 0.15) is 11.6 Å². The molecule has 0 spiro atoms. The van der Waals surface area contributed by atoms with Crippen LogP contribution in [0.4, 0.5) is 11.5 Å². The summed E-state index contributed by atoms with van der Waals surface area (Å²) < 4.78 is 2.45. The van der Waals surface area contributed by atoms with Crippen LogP contribution in [0.1, 0.15) is 6.42 Å². The first-order valence-electron chi connectivity index (χ1n) is 7.06. The van der Waals surface area contributed by atoms with Crippen molar-refractivity contribution in [1.82, 2.24) is 9.61 Å². The molecule has 1 saturated heterocycles. The van der Waals surface area contributed by atoms with Crippen molar-refractivity contribution in [3.05, 3.63) is 34.5 Å². The average Bonchev–Trinajstić information content (AvgIpc) is 3.02. The smallest absolute Gasteiger partial charge is 0.338 e. The van der Waals surface area contributed by atoms with Gasteiger partial charge >= 0.3 is 5.69 Å². The highest BCUT2D eigenvalue weighted by Gasteiger charge is 2.37. The summed E-state index contributed by atoms with van der Waals surface area (Å²) in [7, 11) is 6.48. The number of anilines is 1. The van der Waals surface area contributed by atoms with Crippen LogP contribution in [0.15, 0.2) is 24.4 Å². The van der Waals surface area contributed by atoms with Crippen molar-refractivity contribution in [2.75, 3.05) is 39.1 Å². The van der Waals surface area contributed by atoms with E-state index < -0.39 is 0 Å². The van der Waals surface area contributed by atoms with Gasteiger partial charge in [-0.25, -0.2) is 4.52 Å². The highest BCUT2D eigenvalue weighted by Crippen LogP contribution is 2.34. The molecule has 2 aromatic heterocycles. The number of pyridine rings is 1. The minimum absolute atomic E-state index is 0.109. The first-order valence-corrected chi connectivity index (χ1v) is 7.06. The lowest BCUT2D eigenvalue weighted by Crippen LogP contribution is -2.46. The Morgan fingerprint density at radius 3 is 2.76 bits per heavy atom. The zero-order chi connectivity index (χ0) is 15.2. The van der Waals surface area contributed by atoms with Crippen LogP contribution in [0.2, 0.25) is 0 Å². The van der Waals surface area contributed by atoms with Gasteiger partial charge in [-0.15, -0.1) is 5.10 Å². The molecule has 1 unspecified atom stereocenters. The van der Waals surface area contributed by atoms with E-state index in [2.05, 4.69) is 26.2 Å². The first-order chi connectivity index (χ1) is 9.88. The number of fused-ring (bicyclic) bond motifs is 1. The van der Waals surface area contributed by atoms with Crippen molar-refractivity contribution >= 4 is 17.0 Å². The second-order valence-corrected chi connectivity index (χ2v) is 6.46. The molecule has 0 radical (unpaired) electrons. The standard InChI is InChI=1S/C14H20N5O2/c1-19(2,3)11-7-9-16(10-11)14-13(18(20)21)12-6-4-5-8-17(12)15-14/h4-6,8,11H,7,9-10H2,1-3H3/q+1. The van der Waals surface area contributed by atoms with E-state index in [1.165, 1.54) is 0 Å². The molecular formula is C14H20N5O2+. The molecule has 1 aliphatic heterocycles. The van der Waals surface area contributed by atoms with Crippen molar-refractivity contribution in [2.24, 2.45) is 0 Å². The Bertz CT molecular complexity index is 688. The number of likely N-dealkylation sites (N-methyl/N-ethyl adjacent to an activating group) is 1. The lowest BCUT2D eigenvalue weighted by atomic mass is 10.2. The number of hydrogen-bond acceptors (Lipinski definition) is 4. The number of hydrogen-bond donors (Lipinski definition) is 0. The number of nitro groups is 1. The van der Waals surface area contributed by atoms with E-state index in [1.54, 1.807) is 22.8 Å². The van der Waals surface area contributed by atoms with Gasteiger partial charge in [-0.3, -0.25) is 10.1 Å². The molecule has 21 heavy (non-hydrogen) atoms. The SMILES string of the molecule is C[N+](C)(C)C1CCN(c2nn3ccccc3c2[N+](=O)[O-])C1. The van der Waals surface area contributed by atoms with Crippen LogP contribution >= 0.6 is 0 Å². The van der Waals surface area contributed by atoms with Crippen molar-refractivity contribution in [3.8, 4) is 0 Å². The molecule has 0 saturated carbocycles. The molecule has 1 fully saturated rings. The van der Waals surface area contributed by atoms with Crippen LogP contribution in [0.5, 0.6) is 0 Å². The summed E-state index contributed by atoms with van der Waals surface area (Å²) in [6.45, 7) is 1.61. The summed E-state index contributed by atoms with van der Waals surface area (Å²) >= 11 is 0. The van der Waals surface area contributed by atoms with Gasteiger partial charge in [0.05, 0.1) is 32.6 Å². The molecule has 0 aliphatic carbocycles. The molecular weight excluding hydrogens is 270 g/mol. The summed E-state index contributed by atoms with van der Waals surface area (Å²) in [5.74, 6) is 0.488. The third kappa shape index (κ3) is 2.33. The molecule has 1 aliphatic rings. The maximum atomic E-state index is 11.5. The third-order valence-electron chi connectivity index (χ3n) is 4.24. The van der Waals surface area contributed by atoms with Gasteiger partial charge in [-0.2, -0.15) is 0 Å². The predicted molar refractivity (Wildman–Crippen MR) is 80.5 cm³/mol. The Balaban J connectivity index is 2.02. The van der Waals surface area contributed by atoms with E-state index in [1.807, 2.05) is 11.0 Å². The first kappa shape index (κ1) is 13.8. The normalized spacial score (nSPS) is 19.4. The number of quaternary nitrogens is 1. The molecule has 0 N–H and O–H groups in total. The van der Waals surface area contributed by atoms with Crippen LogP contribution in [-0.4, -0.2) is 59.3 Å². The monoisotopic (exact) mass is 290 g/mol. The number of aromatic nitrogens is 2. The summed E-state index contributed by atoms with van der Waals surface area (Å²) in [5.41, 5.74) is 0.656. The summed E-state index contributed by atoms with van der Waals surface area (Å²) in [6.07, 6.45) is 2.77. The fraction of sp³-hybridized carbons (Fsp3) is 0.500. The fourth-order valence-corrected chi connectivity index (χ4v) is 2.93. The zero-order valence-corrected chi connectivity index (χ0v) is 12.6. The van der Waals surface area contributed by atoms with Crippen molar-refractivity contribution in [2.45, 2.75) is 12.5 Å². The Kier molecular flexibility index (Phi) is 3.09. The average molecular weight is 290 g/mol. The van der Waals surface area contributed by atoms with E-state index in [4.69, 9.17) is 0 Å². The highest BCUT2D eigenvalue weighted by molar-refractivity contribution is 5.77. The second kappa shape index (κ2) is 4.70. The van der Waals surface area contributed by atoms with Gasteiger partial charge in [0.25, 0.3) is 0 Å². The Labute approximate surface area is 123 Å². The highest BCUT2D eigenvalue weighted by atomic mass is 16.6. The molecule has 112 valence electrons. The molecule has 7 heteroatoms. The van der Waals surface area contributed by atoms with Gasteiger partial charge in [0.15, 0.2) is 0 Å². The van der Waals surface area contributed by atoms with Crippen molar-refractivity contribution < 1.29 is 9.41 Å². The van der Waals surface area contributed by atoms with Crippen LogP contribution in [-0.2, 0) is 0 Å². The largest absolute Gasteiger partial charge is 0.343 e. The number of rotatable bonds is 3. The maximum absolute atomic E-state index is 11.5. The second-order valence-electron chi connectivity index (χ2n) is 6.46. The predicted octanol–water partition coefficient (Wildman–Crippen LogP) is 1.53. The van der Waals surface area contributed by atoms with Crippen molar-refractivity contribution in [1.29, 1.82) is 0 Å². The van der Waals surface area contributed by atoms with E-state index >= 15 is 0 Å². The topological polar surface area (TPSA) is 63.7 Å². The minimum atomic E-state index is -0.322. The van der Waals surface area contributed by atoms with Gasteiger partial charge in [-0.1, -0.05) is 6.07 Å². The lowest BCUT2D eigenvalue weighted by molar-refractivity contribution is -0.893. The quantitative estimate of drug-likeness (QED) is 0.488. The van der Waals surface area contributed by atoms with Crippen LogP contribution < -0.4 is 4.90 Å². The third-order valence-corrected chi connectivity index (χ3v) is 4.24. The van der Waals surface area contributed by atoms with Crippen LogP contribution in [0.3, 0.4) is 0 Å². The molecule has 1 atom stereocenters. The van der Waals surface area contributed by atoms with Gasteiger partial charge in [0.2, 0.25) is 5.82 Å². The lowest BCUT2D eigenvalue weighted by Gasteiger charge is -2.31. The fourth-order valence-electron chi connectivity index (χ4n) is 2.93. The summed E-state index contributed by atoms with van der Waals surface area (Å²) in [5, 5.41) is 15.9. The van der Waals surface area contributed by atoms with Gasteiger partial charge in [-0.05, 0) is 12.1 Å². The molecule has 0 bridgehead atoms. The molecule has 0 aromatic carbocycles. The Morgan fingerprint density at radius 2 is 2.14 bits per heavy atom. The minimum Gasteiger partial charge on any atom is -0.343 e. The number of nitrogens with zero attached hydrogens (tertiary/aromatic N) is 5. The van der Waals surface area contributed by atoms with E-state index in [0.29, 0.717) is 17.4 Å². The van der Waals surface area contributed by atoms with E-state index in [-0.39, 0.29) is 10.6 Å². The van der Waals surface area contributed by atoms with Gasteiger partial charge < -0.3 is 9.38 Å². The molecule has 3 heterocycles. The summed E-state index contributed by atoms with van der Waals surface area (Å²) in [4.78, 5) is 13.2. The summed E-state index contributed by atoms with van der Waals surface area (Å²) in [6, 6.07) is 5.83. The maximum Gasteiger partial charge on any atom is 0.338 e. The molecule has 0 amide bonds. The van der Waals surface area contributed by atoms with Crippen LogP contribution in [0.25, 0.3) is 5.52 Å². The van der Waals surface area contributed by atoms with Crippen molar-refractivity contribution in [3.63, 3.8) is 0 Å². The molecule has 7 nitrogen and oxygen atoms in total. The zero-order valence-electron chi connectivity index (χ0n) is 12.6. The Morgan fingerprint density at radius 1 is 1.38 bits per heavy atom. The van der Waals surface area contributed by atoms with Crippen LogP contribution in [0, 0.1) is 10.1 Å². The Hall–Kier alpha value is -2.15. The molecule has 2 aromatic rings. The van der Waals surface area contributed by atoms with Gasteiger partial charge in [0, 0.05) is 19.2 Å².